The van der Waals surface area contributed by atoms with Crippen molar-refractivity contribution in [3.05, 3.63) is 59.7 Å². The lowest BCUT2D eigenvalue weighted by atomic mass is 10.0. The molecule has 0 radical (unpaired) electrons. The summed E-state index contributed by atoms with van der Waals surface area (Å²) in [7, 11) is 0. The highest BCUT2D eigenvalue weighted by Crippen LogP contribution is 2.33. The van der Waals surface area contributed by atoms with E-state index < -0.39 is 0 Å². The molecule has 1 fully saturated rings. The highest BCUT2D eigenvalue weighted by molar-refractivity contribution is 5.75. The molecule has 1 aliphatic heterocycles. The summed E-state index contributed by atoms with van der Waals surface area (Å²) in [5, 5.41) is 3.10. The minimum absolute atomic E-state index is 0.125. The molecule has 26 heavy (non-hydrogen) atoms. The van der Waals surface area contributed by atoms with Gasteiger partial charge >= 0.3 is 6.03 Å². The molecule has 1 atom stereocenters. The van der Waals surface area contributed by atoms with E-state index in [-0.39, 0.29) is 23.9 Å². The van der Waals surface area contributed by atoms with E-state index in [0.717, 1.165) is 31.4 Å². The van der Waals surface area contributed by atoms with Gasteiger partial charge in [0.25, 0.3) is 0 Å². The van der Waals surface area contributed by atoms with Crippen molar-refractivity contribution in [3.8, 4) is 5.75 Å². The standard InChI is InChI=1S/C20H22FN3O2/c21-14-6-9-19-17(12-14)18(5-3-11-26-19)23-20(25)24(16-7-8-16)13-15-4-1-2-10-22-15/h1-2,4,6,9-10,12,16,18H,3,5,7-8,11,13H2,(H,23,25)/t18-/m0/s1. The van der Waals surface area contributed by atoms with Gasteiger partial charge in [0.05, 0.1) is 24.9 Å². The third-order valence-corrected chi connectivity index (χ3v) is 4.85. The highest BCUT2D eigenvalue weighted by Gasteiger charge is 2.34. The Morgan fingerprint density at radius 3 is 2.92 bits per heavy atom. The Kier molecular flexibility index (Phi) is 4.73. The summed E-state index contributed by atoms with van der Waals surface area (Å²) in [6.45, 7) is 1.06. The molecule has 6 heteroatoms. The maximum atomic E-state index is 13.7. The molecule has 1 saturated carbocycles. The number of aromatic nitrogens is 1. The minimum atomic E-state index is -0.318. The summed E-state index contributed by atoms with van der Waals surface area (Å²) in [6.07, 6.45) is 5.30. The average Bonchev–Trinajstić information content (AvgIpc) is 3.49. The van der Waals surface area contributed by atoms with Crippen LogP contribution in [-0.4, -0.2) is 28.6 Å². The smallest absolute Gasteiger partial charge is 0.318 e. The molecule has 0 spiro atoms. The highest BCUT2D eigenvalue weighted by atomic mass is 19.1. The molecule has 2 heterocycles. The molecule has 1 aromatic heterocycles. The van der Waals surface area contributed by atoms with Crippen LogP contribution in [0.5, 0.6) is 5.75 Å². The van der Waals surface area contributed by atoms with Crippen molar-refractivity contribution < 1.29 is 13.9 Å². The number of fused-ring (bicyclic) bond motifs is 1. The maximum absolute atomic E-state index is 13.7. The Bertz CT molecular complexity index is 780. The molecule has 1 N–H and O–H groups in total. The second-order valence-corrected chi connectivity index (χ2v) is 6.86. The number of halogens is 1. The van der Waals surface area contributed by atoms with Crippen molar-refractivity contribution in [2.75, 3.05) is 6.61 Å². The van der Waals surface area contributed by atoms with Gasteiger partial charge in [-0.05, 0) is 56.0 Å². The molecule has 2 aromatic rings. The first-order valence-corrected chi connectivity index (χ1v) is 9.10. The molecule has 136 valence electrons. The predicted octanol–water partition coefficient (Wildman–Crippen LogP) is 3.81. The molecular formula is C20H22FN3O2. The van der Waals surface area contributed by atoms with E-state index in [1.54, 1.807) is 12.3 Å². The first-order valence-electron chi connectivity index (χ1n) is 9.10. The van der Waals surface area contributed by atoms with Crippen molar-refractivity contribution in [1.82, 2.24) is 15.2 Å². The van der Waals surface area contributed by atoms with E-state index >= 15 is 0 Å². The number of amides is 2. The van der Waals surface area contributed by atoms with Crippen LogP contribution in [0.1, 0.15) is 43.0 Å². The van der Waals surface area contributed by atoms with E-state index in [9.17, 15) is 9.18 Å². The van der Waals surface area contributed by atoms with Crippen LogP contribution in [0, 0.1) is 5.82 Å². The number of nitrogens with one attached hydrogen (secondary N) is 1. The van der Waals surface area contributed by atoms with Crippen LogP contribution in [0.3, 0.4) is 0 Å². The van der Waals surface area contributed by atoms with Crippen LogP contribution in [0.2, 0.25) is 0 Å². The summed E-state index contributed by atoms with van der Waals surface area (Å²) >= 11 is 0. The molecular weight excluding hydrogens is 333 g/mol. The fourth-order valence-corrected chi connectivity index (χ4v) is 3.35. The van der Waals surface area contributed by atoms with Gasteiger partial charge in [-0.15, -0.1) is 0 Å². The lowest BCUT2D eigenvalue weighted by Crippen LogP contribution is -2.42. The monoisotopic (exact) mass is 355 g/mol. The summed E-state index contributed by atoms with van der Waals surface area (Å²) < 4.78 is 19.4. The largest absolute Gasteiger partial charge is 0.493 e. The number of benzene rings is 1. The normalized spacial score (nSPS) is 19.0. The topological polar surface area (TPSA) is 54.5 Å². The lowest BCUT2D eigenvalue weighted by Gasteiger charge is -2.26. The molecule has 2 amide bonds. The molecule has 1 aromatic carbocycles. The number of ether oxygens (including phenoxy) is 1. The van der Waals surface area contributed by atoms with Gasteiger partial charge < -0.3 is 15.0 Å². The number of carbonyl (C=O) groups excluding carboxylic acids is 1. The fourth-order valence-electron chi connectivity index (χ4n) is 3.35. The van der Waals surface area contributed by atoms with E-state index in [0.29, 0.717) is 24.5 Å². The summed E-state index contributed by atoms with van der Waals surface area (Å²) in [5.41, 5.74) is 1.58. The van der Waals surface area contributed by atoms with Crippen LogP contribution >= 0.6 is 0 Å². The van der Waals surface area contributed by atoms with E-state index in [1.165, 1.54) is 12.1 Å². The number of nitrogens with zero attached hydrogens (tertiary/aromatic N) is 2. The molecule has 0 saturated heterocycles. The Balaban J connectivity index is 1.52. The van der Waals surface area contributed by atoms with Crippen LogP contribution in [0.25, 0.3) is 0 Å². The Morgan fingerprint density at radius 2 is 2.15 bits per heavy atom. The van der Waals surface area contributed by atoms with Crippen LogP contribution in [-0.2, 0) is 6.54 Å². The van der Waals surface area contributed by atoms with Gasteiger partial charge in [0.1, 0.15) is 11.6 Å². The Hall–Kier alpha value is -2.63. The number of hydrogen-bond acceptors (Lipinski definition) is 3. The third kappa shape index (κ3) is 3.79. The first-order chi connectivity index (χ1) is 12.7. The van der Waals surface area contributed by atoms with Crippen LogP contribution in [0.15, 0.2) is 42.6 Å². The van der Waals surface area contributed by atoms with Crippen LogP contribution in [0.4, 0.5) is 9.18 Å². The Morgan fingerprint density at radius 1 is 1.27 bits per heavy atom. The molecule has 0 unspecified atom stereocenters. The van der Waals surface area contributed by atoms with E-state index in [2.05, 4.69) is 10.3 Å². The number of rotatable bonds is 4. The van der Waals surface area contributed by atoms with Crippen molar-refractivity contribution in [1.29, 1.82) is 0 Å². The van der Waals surface area contributed by atoms with Crippen molar-refractivity contribution in [2.24, 2.45) is 0 Å². The van der Waals surface area contributed by atoms with E-state index in [1.807, 2.05) is 23.1 Å². The quantitative estimate of drug-likeness (QED) is 0.907. The zero-order valence-electron chi connectivity index (χ0n) is 14.5. The average molecular weight is 355 g/mol. The fraction of sp³-hybridized carbons (Fsp3) is 0.400. The van der Waals surface area contributed by atoms with Gasteiger partial charge in [0, 0.05) is 17.8 Å². The zero-order chi connectivity index (χ0) is 17.9. The first kappa shape index (κ1) is 16.8. The second kappa shape index (κ2) is 7.32. The number of urea groups is 1. The second-order valence-electron chi connectivity index (χ2n) is 6.86. The van der Waals surface area contributed by atoms with Gasteiger partial charge in [-0.3, -0.25) is 4.98 Å². The summed E-state index contributed by atoms with van der Waals surface area (Å²) in [4.78, 5) is 19.1. The summed E-state index contributed by atoms with van der Waals surface area (Å²) in [6, 6.07) is 10.1. The molecule has 0 bridgehead atoms. The SMILES string of the molecule is O=C(N[C@H]1CCCOc2ccc(F)cc21)N(Cc1ccccn1)C1CC1. The molecule has 2 aliphatic rings. The van der Waals surface area contributed by atoms with Gasteiger partial charge in [-0.25, -0.2) is 9.18 Å². The van der Waals surface area contributed by atoms with Crippen LogP contribution < -0.4 is 10.1 Å². The van der Waals surface area contributed by atoms with Gasteiger partial charge in [-0.1, -0.05) is 6.07 Å². The lowest BCUT2D eigenvalue weighted by molar-refractivity contribution is 0.186. The minimum Gasteiger partial charge on any atom is -0.493 e. The van der Waals surface area contributed by atoms with Crippen molar-refractivity contribution in [3.63, 3.8) is 0 Å². The van der Waals surface area contributed by atoms with Crippen molar-refractivity contribution >= 4 is 6.03 Å². The third-order valence-electron chi connectivity index (χ3n) is 4.85. The number of hydrogen-bond donors (Lipinski definition) is 1. The molecule has 5 nitrogen and oxygen atoms in total. The summed E-state index contributed by atoms with van der Waals surface area (Å²) in [5.74, 6) is 0.331. The van der Waals surface area contributed by atoms with Crippen molar-refractivity contribution in [2.45, 2.75) is 44.3 Å². The van der Waals surface area contributed by atoms with Gasteiger partial charge in [0.15, 0.2) is 0 Å². The maximum Gasteiger partial charge on any atom is 0.318 e. The molecule has 1 aliphatic carbocycles. The number of pyridine rings is 1. The molecule has 4 rings (SSSR count). The van der Waals surface area contributed by atoms with E-state index in [4.69, 9.17) is 4.74 Å². The Labute approximate surface area is 152 Å². The van der Waals surface area contributed by atoms with Gasteiger partial charge in [0.2, 0.25) is 0 Å². The predicted molar refractivity (Wildman–Crippen MR) is 95.2 cm³/mol. The number of carbonyl (C=O) groups is 1. The van der Waals surface area contributed by atoms with Gasteiger partial charge in [-0.2, -0.15) is 0 Å². The zero-order valence-corrected chi connectivity index (χ0v) is 14.5.